The van der Waals surface area contributed by atoms with Crippen LogP contribution >= 0.6 is 11.6 Å². The Morgan fingerprint density at radius 3 is 2.47 bits per heavy atom. The lowest BCUT2D eigenvalue weighted by molar-refractivity contribution is -0.124. The second-order valence-electron chi connectivity index (χ2n) is 10.7. The number of aryl methyl sites for hydroxylation is 1. The van der Waals surface area contributed by atoms with E-state index in [0.29, 0.717) is 25.1 Å². The lowest BCUT2D eigenvalue weighted by atomic mass is 9.97. The molecule has 4 aromatic rings. The maximum absolute atomic E-state index is 12.9. The third-order valence-corrected chi connectivity index (χ3v) is 9.15. The van der Waals surface area contributed by atoms with Crippen LogP contribution in [0.5, 0.6) is 5.75 Å². The normalized spacial score (nSPS) is 12.2. The number of rotatable bonds is 13. The van der Waals surface area contributed by atoms with Crippen molar-refractivity contribution in [2.24, 2.45) is 5.92 Å². The van der Waals surface area contributed by atoms with Crippen LogP contribution in [0.1, 0.15) is 60.7 Å². The number of benzene rings is 3. The molecular weight excluding hydrogens is 586 g/mol. The maximum Gasteiger partial charge on any atom is 0.265 e. The van der Waals surface area contributed by atoms with Crippen LogP contribution in [0.2, 0.25) is 5.02 Å². The number of carbonyl (C=O) groups is 2. The second-order valence-corrected chi connectivity index (χ2v) is 12.7. The van der Waals surface area contributed by atoms with E-state index in [0.717, 1.165) is 47.0 Å². The van der Waals surface area contributed by atoms with E-state index < -0.39 is 15.9 Å². The highest BCUT2D eigenvalue weighted by atomic mass is 35.5. The molecule has 8 nitrogen and oxygen atoms in total. The Hall–Kier alpha value is -3.82. The van der Waals surface area contributed by atoms with Gasteiger partial charge in [-0.3, -0.25) is 9.59 Å². The van der Waals surface area contributed by atoms with Crippen molar-refractivity contribution in [3.63, 3.8) is 0 Å². The first-order valence-electron chi connectivity index (χ1n) is 14.4. The van der Waals surface area contributed by atoms with Crippen molar-refractivity contribution in [3.05, 3.63) is 94.1 Å². The van der Waals surface area contributed by atoms with Gasteiger partial charge in [-0.1, -0.05) is 56.6 Å². The summed E-state index contributed by atoms with van der Waals surface area (Å²) in [6, 6.07) is 17.2. The van der Waals surface area contributed by atoms with Gasteiger partial charge in [-0.2, -0.15) is 0 Å². The van der Waals surface area contributed by atoms with E-state index in [1.807, 2.05) is 13.8 Å². The van der Waals surface area contributed by atoms with Gasteiger partial charge in [-0.25, -0.2) is 13.1 Å². The largest absolute Gasteiger partial charge is 0.496 e. The molecule has 4 rings (SSSR count). The summed E-state index contributed by atoms with van der Waals surface area (Å²) in [4.78, 5) is 25.3. The number of carbonyl (C=O) groups excluding carboxylic acids is 2. The minimum atomic E-state index is -4.17. The highest BCUT2D eigenvalue weighted by molar-refractivity contribution is 7.90. The van der Waals surface area contributed by atoms with E-state index in [2.05, 4.69) is 45.9 Å². The molecule has 2 amide bonds. The summed E-state index contributed by atoms with van der Waals surface area (Å²) in [5.74, 6) is -0.410. The third kappa shape index (κ3) is 7.58. The van der Waals surface area contributed by atoms with Gasteiger partial charge in [-0.05, 0) is 72.4 Å². The Balaban J connectivity index is 1.60. The number of fused-ring (bicyclic) bond motifs is 1. The first-order valence-corrected chi connectivity index (χ1v) is 16.3. The molecule has 0 bridgehead atoms. The minimum Gasteiger partial charge on any atom is -0.496 e. The Morgan fingerprint density at radius 2 is 1.77 bits per heavy atom. The Labute approximate surface area is 258 Å². The number of hydrogen-bond acceptors (Lipinski definition) is 5. The van der Waals surface area contributed by atoms with Crippen LogP contribution in [-0.2, 0) is 34.2 Å². The van der Waals surface area contributed by atoms with E-state index in [1.54, 1.807) is 24.3 Å². The lowest BCUT2D eigenvalue weighted by Gasteiger charge is -2.13. The number of aromatic nitrogens is 1. The molecule has 0 radical (unpaired) electrons. The highest BCUT2D eigenvalue weighted by Crippen LogP contribution is 2.30. The molecule has 1 atom stereocenters. The maximum atomic E-state index is 12.9. The van der Waals surface area contributed by atoms with Gasteiger partial charge in [0.05, 0.1) is 12.1 Å². The fraction of sp³-hybridized carbons (Fsp3) is 0.333. The summed E-state index contributed by atoms with van der Waals surface area (Å²) in [5, 5.41) is 4.10. The molecule has 0 aliphatic carbocycles. The molecule has 0 fully saturated rings. The summed E-state index contributed by atoms with van der Waals surface area (Å²) in [6.45, 7) is 7.65. The van der Waals surface area contributed by atoms with Gasteiger partial charge in [0.1, 0.15) is 10.6 Å². The number of halogens is 1. The van der Waals surface area contributed by atoms with E-state index >= 15 is 0 Å². The molecule has 0 spiro atoms. The number of nitrogens with one attached hydrogen (secondary N) is 2. The molecule has 0 saturated heterocycles. The van der Waals surface area contributed by atoms with Gasteiger partial charge < -0.3 is 14.6 Å². The van der Waals surface area contributed by atoms with Gasteiger partial charge >= 0.3 is 0 Å². The Kier molecular flexibility index (Phi) is 10.5. The molecule has 0 saturated carbocycles. The van der Waals surface area contributed by atoms with E-state index in [4.69, 9.17) is 16.3 Å². The molecule has 1 heterocycles. The van der Waals surface area contributed by atoms with Crippen molar-refractivity contribution >= 4 is 44.3 Å². The quantitative estimate of drug-likeness (QED) is 0.186. The average Bonchev–Trinajstić information content (AvgIpc) is 3.32. The lowest BCUT2D eigenvalue weighted by Crippen LogP contribution is -2.30. The molecule has 2 N–H and O–H groups in total. The summed E-state index contributed by atoms with van der Waals surface area (Å²) in [5.41, 5.74) is 4.28. The van der Waals surface area contributed by atoms with Gasteiger partial charge in [0.15, 0.2) is 0 Å². The SMILES string of the molecule is CCCNC(=O)C(C)Cc1ccc2c(c1)c(Cc1ccc(C(=O)NS(=O)(=O)c3ccccc3Cl)cc1OC)cn2CCC. The summed E-state index contributed by atoms with van der Waals surface area (Å²) in [7, 11) is -2.65. The van der Waals surface area contributed by atoms with Gasteiger partial charge in [0, 0.05) is 48.1 Å². The monoisotopic (exact) mass is 623 g/mol. The number of methoxy groups -OCH3 is 1. The zero-order chi connectivity index (χ0) is 31.1. The molecule has 1 aromatic heterocycles. The molecule has 0 aliphatic heterocycles. The molecular formula is C33H38ClN3O5S. The molecule has 1 unspecified atom stereocenters. The van der Waals surface area contributed by atoms with Gasteiger partial charge in [0.25, 0.3) is 15.9 Å². The van der Waals surface area contributed by atoms with Crippen molar-refractivity contribution in [3.8, 4) is 5.75 Å². The number of hydrogen-bond donors (Lipinski definition) is 2. The topological polar surface area (TPSA) is 106 Å². The number of nitrogens with zero attached hydrogens (tertiary/aromatic N) is 1. The van der Waals surface area contributed by atoms with Crippen molar-refractivity contribution in [2.75, 3.05) is 13.7 Å². The molecule has 3 aromatic carbocycles. The molecule has 228 valence electrons. The Morgan fingerprint density at radius 1 is 1.00 bits per heavy atom. The molecule has 0 aliphatic rings. The van der Waals surface area contributed by atoms with Crippen LogP contribution in [0.4, 0.5) is 0 Å². The number of amides is 2. The third-order valence-electron chi connectivity index (χ3n) is 7.31. The first-order chi connectivity index (χ1) is 20.6. The minimum absolute atomic E-state index is 0.0235. The van der Waals surface area contributed by atoms with Crippen molar-refractivity contribution in [1.82, 2.24) is 14.6 Å². The van der Waals surface area contributed by atoms with Crippen LogP contribution in [0, 0.1) is 5.92 Å². The van der Waals surface area contributed by atoms with Gasteiger partial charge in [0.2, 0.25) is 5.91 Å². The van der Waals surface area contributed by atoms with E-state index in [1.165, 1.54) is 25.3 Å². The number of ether oxygens (including phenoxy) is 1. The Bertz CT molecular complexity index is 1730. The fourth-order valence-corrected chi connectivity index (χ4v) is 6.61. The number of sulfonamides is 1. The second kappa shape index (κ2) is 14.1. The summed E-state index contributed by atoms with van der Waals surface area (Å²) >= 11 is 6.04. The fourth-order valence-electron chi connectivity index (χ4n) is 5.12. The zero-order valence-corrected chi connectivity index (χ0v) is 26.5. The van der Waals surface area contributed by atoms with Crippen LogP contribution in [0.15, 0.2) is 71.8 Å². The zero-order valence-electron chi connectivity index (χ0n) is 24.9. The summed E-state index contributed by atoms with van der Waals surface area (Å²) < 4.78 is 35.5. The van der Waals surface area contributed by atoms with Crippen LogP contribution < -0.4 is 14.8 Å². The standard InChI is InChI=1S/C33H38ClN3O5S/c1-5-15-35-32(38)22(3)17-23-11-14-29-27(18-23)26(21-37(29)16-6-2)19-24-12-13-25(20-30(24)42-4)33(39)36-43(40,41)31-10-8-7-9-28(31)34/h7-14,18,20-22H,5-6,15-17,19H2,1-4H3,(H,35,38)(H,36,39). The molecule has 43 heavy (non-hydrogen) atoms. The predicted molar refractivity (Wildman–Crippen MR) is 170 cm³/mol. The van der Waals surface area contributed by atoms with Crippen molar-refractivity contribution < 1.29 is 22.7 Å². The van der Waals surface area contributed by atoms with E-state index in [9.17, 15) is 18.0 Å². The van der Waals surface area contributed by atoms with Crippen LogP contribution in [0.25, 0.3) is 10.9 Å². The van der Waals surface area contributed by atoms with Crippen molar-refractivity contribution in [1.29, 1.82) is 0 Å². The van der Waals surface area contributed by atoms with E-state index in [-0.39, 0.29) is 27.3 Å². The molecule has 10 heteroatoms. The first kappa shape index (κ1) is 32.1. The van der Waals surface area contributed by atoms with Crippen LogP contribution in [0.3, 0.4) is 0 Å². The van der Waals surface area contributed by atoms with Gasteiger partial charge in [-0.15, -0.1) is 0 Å². The van der Waals surface area contributed by atoms with Crippen LogP contribution in [-0.4, -0.2) is 38.5 Å². The highest BCUT2D eigenvalue weighted by Gasteiger charge is 2.22. The summed E-state index contributed by atoms with van der Waals surface area (Å²) in [6.07, 6.45) is 5.19. The van der Waals surface area contributed by atoms with Crippen molar-refractivity contribution in [2.45, 2.75) is 57.9 Å². The smallest absolute Gasteiger partial charge is 0.265 e. The predicted octanol–water partition coefficient (Wildman–Crippen LogP) is 6.13. The average molecular weight is 624 g/mol.